The number of nitrogens with one attached hydrogen (secondary N) is 1. The van der Waals surface area contributed by atoms with Gasteiger partial charge in [0, 0.05) is 27.9 Å². The van der Waals surface area contributed by atoms with Crippen molar-refractivity contribution in [3.63, 3.8) is 0 Å². The van der Waals surface area contributed by atoms with Crippen LogP contribution in [-0.4, -0.2) is 34.1 Å². The van der Waals surface area contributed by atoms with Crippen LogP contribution < -0.4 is 5.32 Å². The third-order valence-electron chi connectivity index (χ3n) is 4.84. The highest BCUT2D eigenvalue weighted by molar-refractivity contribution is 9.10. The molecule has 0 fully saturated rings. The summed E-state index contributed by atoms with van der Waals surface area (Å²) in [6.45, 7) is 1.85. The van der Waals surface area contributed by atoms with Crippen LogP contribution in [0.5, 0.6) is 0 Å². The van der Waals surface area contributed by atoms with E-state index >= 15 is 0 Å². The minimum absolute atomic E-state index is 0.0876. The fourth-order valence-electron chi connectivity index (χ4n) is 3.29. The Morgan fingerprint density at radius 1 is 1.07 bits per heavy atom. The molecule has 2 rings (SSSR count). The molecule has 3 unspecified atom stereocenters. The summed E-state index contributed by atoms with van der Waals surface area (Å²) in [4.78, 5) is 34.6. The molecule has 0 saturated carbocycles. The Bertz CT molecular complexity index is 903. The van der Waals surface area contributed by atoms with Crippen LogP contribution in [-0.2, 0) is 20.8 Å². The third kappa shape index (κ3) is 7.46. The van der Waals surface area contributed by atoms with Gasteiger partial charge in [0.1, 0.15) is 0 Å². The molecule has 8 heteroatoms. The molecule has 3 N–H and O–H groups in total. The summed E-state index contributed by atoms with van der Waals surface area (Å²) in [6, 6.07) is 14.9. The molecule has 2 aromatic rings. The lowest BCUT2D eigenvalue weighted by Gasteiger charge is -2.26. The highest BCUT2D eigenvalue weighted by Gasteiger charge is 2.27. The first-order valence-corrected chi connectivity index (χ1v) is 10.6. The van der Waals surface area contributed by atoms with E-state index in [1.165, 1.54) is 0 Å². The highest BCUT2D eigenvalue weighted by atomic mass is 79.9. The standard InChI is InChI=1S/C22H23BrClNO5/c1-13(25-20(26)11-16(22(29)30)12-21(27)28)19(15-3-2-4-17(23)10-15)9-14-5-7-18(24)8-6-14/h2-8,10,13,16,19H,9,11-12H2,1H3,(H,25,26)(H,27,28)(H,29,30). The number of benzene rings is 2. The van der Waals surface area contributed by atoms with Crippen molar-refractivity contribution in [1.82, 2.24) is 5.32 Å². The van der Waals surface area contributed by atoms with Crippen LogP contribution in [0.2, 0.25) is 5.02 Å². The normalized spacial score (nSPS) is 13.8. The zero-order chi connectivity index (χ0) is 22.3. The first-order chi connectivity index (χ1) is 14.2. The fraction of sp³-hybridized carbons (Fsp3) is 0.318. The van der Waals surface area contributed by atoms with E-state index in [-0.39, 0.29) is 12.0 Å². The number of amides is 1. The first kappa shape index (κ1) is 23.9. The molecular formula is C22H23BrClNO5. The molecule has 6 nitrogen and oxygen atoms in total. The van der Waals surface area contributed by atoms with E-state index in [9.17, 15) is 19.5 Å². The zero-order valence-corrected chi connectivity index (χ0v) is 18.7. The molecule has 0 heterocycles. The second kappa shape index (κ2) is 11.1. The van der Waals surface area contributed by atoms with Crippen molar-refractivity contribution >= 4 is 45.4 Å². The van der Waals surface area contributed by atoms with Crippen LogP contribution in [0.15, 0.2) is 53.0 Å². The number of carboxylic acid groups (broad SMARTS) is 2. The monoisotopic (exact) mass is 495 g/mol. The van der Waals surface area contributed by atoms with Crippen LogP contribution in [0.1, 0.15) is 36.8 Å². The largest absolute Gasteiger partial charge is 0.481 e. The van der Waals surface area contributed by atoms with Gasteiger partial charge in [0.2, 0.25) is 5.91 Å². The van der Waals surface area contributed by atoms with Crippen molar-refractivity contribution in [2.24, 2.45) is 5.92 Å². The van der Waals surface area contributed by atoms with E-state index in [0.29, 0.717) is 11.4 Å². The van der Waals surface area contributed by atoms with Gasteiger partial charge >= 0.3 is 11.9 Å². The van der Waals surface area contributed by atoms with Crippen LogP contribution in [0, 0.1) is 5.92 Å². The molecule has 0 aromatic heterocycles. The van der Waals surface area contributed by atoms with Gasteiger partial charge in [0.15, 0.2) is 0 Å². The maximum atomic E-state index is 12.5. The lowest BCUT2D eigenvalue weighted by Crippen LogP contribution is -2.39. The average Bonchev–Trinajstić information content (AvgIpc) is 2.66. The number of aliphatic carboxylic acids is 2. The predicted octanol–water partition coefficient (Wildman–Crippen LogP) is 4.50. The molecule has 0 spiro atoms. The molecular weight excluding hydrogens is 474 g/mol. The quantitative estimate of drug-likeness (QED) is 0.449. The summed E-state index contributed by atoms with van der Waals surface area (Å²) >= 11 is 9.45. The molecule has 1 amide bonds. The highest BCUT2D eigenvalue weighted by Crippen LogP contribution is 2.28. The van der Waals surface area contributed by atoms with Crippen molar-refractivity contribution in [3.8, 4) is 0 Å². The van der Waals surface area contributed by atoms with Crippen LogP contribution >= 0.6 is 27.5 Å². The Morgan fingerprint density at radius 3 is 2.30 bits per heavy atom. The van der Waals surface area contributed by atoms with Gasteiger partial charge in [0.25, 0.3) is 0 Å². The van der Waals surface area contributed by atoms with Gasteiger partial charge in [-0.2, -0.15) is 0 Å². The molecule has 0 aliphatic heterocycles. The van der Waals surface area contributed by atoms with Crippen LogP contribution in [0.25, 0.3) is 0 Å². The first-order valence-electron chi connectivity index (χ1n) is 9.39. The summed E-state index contributed by atoms with van der Waals surface area (Å²) in [5.41, 5.74) is 2.05. The smallest absolute Gasteiger partial charge is 0.307 e. The maximum Gasteiger partial charge on any atom is 0.307 e. The number of rotatable bonds is 10. The van der Waals surface area contributed by atoms with Gasteiger partial charge in [0.05, 0.1) is 12.3 Å². The van der Waals surface area contributed by atoms with Gasteiger partial charge in [-0.25, -0.2) is 0 Å². The van der Waals surface area contributed by atoms with Crippen LogP contribution in [0.3, 0.4) is 0 Å². The van der Waals surface area contributed by atoms with E-state index in [1.54, 1.807) is 0 Å². The van der Waals surface area contributed by atoms with E-state index in [4.69, 9.17) is 16.7 Å². The Morgan fingerprint density at radius 2 is 1.73 bits per heavy atom. The number of hydrogen-bond donors (Lipinski definition) is 3. The van der Waals surface area contributed by atoms with E-state index in [2.05, 4.69) is 21.2 Å². The molecule has 0 bridgehead atoms. The second-order valence-corrected chi connectivity index (χ2v) is 8.54. The molecule has 0 aliphatic rings. The lowest BCUT2D eigenvalue weighted by atomic mass is 9.86. The molecule has 0 saturated heterocycles. The molecule has 0 radical (unpaired) electrons. The molecule has 2 aromatic carbocycles. The van der Waals surface area contributed by atoms with Crippen molar-refractivity contribution in [3.05, 3.63) is 69.2 Å². The van der Waals surface area contributed by atoms with Gasteiger partial charge in [-0.1, -0.05) is 51.8 Å². The number of carbonyl (C=O) groups is 3. The Kier molecular flexibility index (Phi) is 8.87. The molecule has 30 heavy (non-hydrogen) atoms. The summed E-state index contributed by atoms with van der Waals surface area (Å²) in [5, 5.41) is 21.5. The number of halogens is 2. The molecule has 0 aliphatic carbocycles. The summed E-state index contributed by atoms with van der Waals surface area (Å²) in [5.74, 6) is -4.40. The van der Waals surface area contributed by atoms with E-state index in [0.717, 1.165) is 15.6 Å². The lowest BCUT2D eigenvalue weighted by molar-refractivity contribution is -0.149. The second-order valence-electron chi connectivity index (χ2n) is 7.19. The average molecular weight is 497 g/mol. The zero-order valence-electron chi connectivity index (χ0n) is 16.3. The van der Waals surface area contributed by atoms with Crippen molar-refractivity contribution in [1.29, 1.82) is 0 Å². The minimum atomic E-state index is -1.30. The van der Waals surface area contributed by atoms with E-state index in [1.807, 2.05) is 55.5 Å². The summed E-state index contributed by atoms with van der Waals surface area (Å²) in [7, 11) is 0. The number of carbonyl (C=O) groups excluding carboxylic acids is 1. The number of hydrogen-bond acceptors (Lipinski definition) is 3. The Balaban J connectivity index is 2.18. The summed E-state index contributed by atoms with van der Waals surface area (Å²) < 4.78 is 0.909. The van der Waals surface area contributed by atoms with Gasteiger partial charge in [-0.3, -0.25) is 14.4 Å². The molecule has 160 valence electrons. The minimum Gasteiger partial charge on any atom is -0.481 e. The Labute approximate surface area is 188 Å². The Hall–Kier alpha value is -2.38. The van der Waals surface area contributed by atoms with Crippen molar-refractivity contribution in [2.45, 2.75) is 38.1 Å². The van der Waals surface area contributed by atoms with Crippen LogP contribution in [0.4, 0.5) is 0 Å². The predicted molar refractivity (Wildman–Crippen MR) is 118 cm³/mol. The number of carboxylic acids is 2. The fourth-order valence-corrected chi connectivity index (χ4v) is 3.83. The third-order valence-corrected chi connectivity index (χ3v) is 5.59. The molecule has 3 atom stereocenters. The topological polar surface area (TPSA) is 104 Å². The van der Waals surface area contributed by atoms with Gasteiger partial charge in [-0.05, 0) is 48.7 Å². The SMILES string of the molecule is CC(NC(=O)CC(CC(=O)O)C(=O)O)C(Cc1ccc(Cl)cc1)c1cccc(Br)c1. The van der Waals surface area contributed by atoms with Gasteiger partial charge < -0.3 is 15.5 Å². The summed E-state index contributed by atoms with van der Waals surface area (Å²) in [6.07, 6.45) is -0.359. The van der Waals surface area contributed by atoms with Crippen molar-refractivity contribution < 1.29 is 24.6 Å². The van der Waals surface area contributed by atoms with E-state index < -0.39 is 36.6 Å². The van der Waals surface area contributed by atoms with Gasteiger partial charge in [-0.15, -0.1) is 0 Å². The van der Waals surface area contributed by atoms with Crippen molar-refractivity contribution in [2.75, 3.05) is 0 Å². The maximum absolute atomic E-state index is 12.5.